The summed E-state index contributed by atoms with van der Waals surface area (Å²) in [5, 5.41) is 13.8. The summed E-state index contributed by atoms with van der Waals surface area (Å²) in [4.78, 5) is 60.2. The Hall–Kier alpha value is -4.84. The molecule has 0 fully saturated rings. The minimum Gasteiger partial charge on any atom is -0.274 e. The van der Waals surface area contributed by atoms with Crippen molar-refractivity contribution in [2.75, 3.05) is 0 Å². The lowest BCUT2D eigenvalue weighted by Gasteiger charge is -2.24. The second-order valence-electron chi connectivity index (χ2n) is 23.5. The van der Waals surface area contributed by atoms with Gasteiger partial charge in [0.05, 0.1) is 0 Å². The molecular weight excluding hydrogens is 909 g/mol. The van der Waals surface area contributed by atoms with E-state index in [9.17, 15) is 0 Å². The molecule has 9 aromatic rings. The van der Waals surface area contributed by atoms with E-state index in [1.54, 1.807) is 9.13 Å². The van der Waals surface area contributed by atoms with Crippen molar-refractivity contribution in [2.45, 2.75) is 246 Å². The summed E-state index contributed by atoms with van der Waals surface area (Å²) in [6.45, 7) is 9.99. The Morgan fingerprint density at radius 2 is 0.500 bits per heavy atom. The monoisotopic (exact) mass is 999 g/mol. The zero-order chi connectivity index (χ0) is 51.6. The van der Waals surface area contributed by atoms with E-state index in [0.29, 0.717) is 34.6 Å². The minimum absolute atomic E-state index is 0.176. The van der Waals surface area contributed by atoms with Crippen LogP contribution < -0.4 is 22.2 Å². The van der Waals surface area contributed by atoms with Crippen LogP contribution in [0.1, 0.15) is 233 Å². The molecule has 0 saturated heterocycles. The number of benzene rings is 7. The molecular formula is C68H90N2O4. The van der Waals surface area contributed by atoms with Gasteiger partial charge in [-0.2, -0.15) is 0 Å². The predicted octanol–water partition coefficient (Wildman–Crippen LogP) is 18.9. The van der Waals surface area contributed by atoms with Crippen molar-refractivity contribution in [1.29, 1.82) is 0 Å². The predicted molar refractivity (Wildman–Crippen MR) is 321 cm³/mol. The summed E-state index contributed by atoms with van der Waals surface area (Å²) in [5.74, 6) is 0.554. The van der Waals surface area contributed by atoms with E-state index in [1.807, 2.05) is 24.3 Å². The van der Waals surface area contributed by atoms with Crippen LogP contribution in [0.5, 0.6) is 0 Å². The highest BCUT2D eigenvalue weighted by molar-refractivity contribution is 6.49. The third-order valence-corrected chi connectivity index (χ3v) is 18.0. The van der Waals surface area contributed by atoms with Crippen molar-refractivity contribution in [3.05, 3.63) is 89.9 Å². The topological polar surface area (TPSA) is 78.1 Å². The van der Waals surface area contributed by atoms with Gasteiger partial charge in [-0.1, -0.05) is 232 Å². The minimum atomic E-state index is -0.176. The first-order valence-corrected chi connectivity index (χ1v) is 30.8. The van der Waals surface area contributed by atoms with Gasteiger partial charge in [-0.3, -0.25) is 28.3 Å². The first kappa shape index (κ1) is 54.0. The molecule has 0 amide bonds. The van der Waals surface area contributed by atoms with Gasteiger partial charge in [-0.25, -0.2) is 0 Å². The van der Waals surface area contributed by atoms with E-state index >= 15 is 19.2 Å². The van der Waals surface area contributed by atoms with E-state index in [0.717, 1.165) is 116 Å². The quantitative estimate of drug-likeness (QED) is 0.0223. The Morgan fingerprint density at radius 1 is 0.284 bits per heavy atom. The van der Waals surface area contributed by atoms with Crippen molar-refractivity contribution in [3.8, 4) is 0 Å². The van der Waals surface area contributed by atoms with Gasteiger partial charge >= 0.3 is 0 Å². The van der Waals surface area contributed by atoms with Crippen molar-refractivity contribution in [2.24, 2.45) is 11.8 Å². The molecule has 0 radical (unpaired) electrons. The Morgan fingerprint density at radius 3 is 0.730 bits per heavy atom. The van der Waals surface area contributed by atoms with Crippen molar-refractivity contribution >= 4 is 86.2 Å². The number of pyridine rings is 2. The van der Waals surface area contributed by atoms with Crippen LogP contribution in [0, 0.1) is 11.8 Å². The zero-order valence-electron chi connectivity index (χ0n) is 46.3. The second kappa shape index (κ2) is 25.8. The van der Waals surface area contributed by atoms with E-state index < -0.39 is 0 Å². The van der Waals surface area contributed by atoms with Crippen LogP contribution in [0.25, 0.3) is 86.2 Å². The van der Waals surface area contributed by atoms with Crippen LogP contribution in [0.15, 0.2) is 67.7 Å². The Bertz CT molecular complexity index is 3020. The molecule has 74 heavy (non-hydrogen) atoms. The molecule has 2 heterocycles. The van der Waals surface area contributed by atoms with Gasteiger partial charge in [0.25, 0.3) is 22.2 Å². The maximum Gasteiger partial charge on any atom is 0.261 e. The van der Waals surface area contributed by atoms with Crippen LogP contribution in [-0.2, 0) is 13.1 Å². The highest BCUT2D eigenvalue weighted by Crippen LogP contribution is 2.51. The van der Waals surface area contributed by atoms with E-state index in [2.05, 4.69) is 52.0 Å². The normalized spacial score (nSPS) is 13.5. The SMILES string of the molecule is CCCCCCCCCCC(CCCCCCCC)Cn1c(=O)c2cc3ccc4cc5c(=O)n(CC(CCCCCCCC)CCCCCCCCCC)c(=O)c6cc7ccc8cc(c1=O)c2c1c3c4c(c56)c7c81. The zero-order valence-corrected chi connectivity index (χ0v) is 46.3. The maximum absolute atomic E-state index is 15.1. The summed E-state index contributed by atoms with van der Waals surface area (Å²) >= 11 is 0. The highest BCUT2D eigenvalue weighted by Gasteiger charge is 2.29. The van der Waals surface area contributed by atoms with Gasteiger partial charge < -0.3 is 0 Å². The molecule has 0 saturated carbocycles. The first-order chi connectivity index (χ1) is 36.3. The van der Waals surface area contributed by atoms with E-state index in [4.69, 9.17) is 0 Å². The molecule has 0 aliphatic carbocycles. The van der Waals surface area contributed by atoms with Gasteiger partial charge in [0, 0.05) is 56.2 Å². The lowest BCUT2D eigenvalue weighted by molar-refractivity contribution is 0.350. The Kier molecular flexibility index (Phi) is 18.8. The molecule has 2 unspecified atom stereocenters. The molecule has 7 aromatic carbocycles. The van der Waals surface area contributed by atoms with Gasteiger partial charge in [-0.05, 0) is 105 Å². The number of hydrogen-bond acceptors (Lipinski definition) is 4. The third-order valence-electron chi connectivity index (χ3n) is 18.0. The molecule has 0 aliphatic heterocycles. The Labute approximate surface area is 441 Å². The van der Waals surface area contributed by atoms with Crippen molar-refractivity contribution in [3.63, 3.8) is 0 Å². The maximum atomic E-state index is 15.1. The number of hydrogen-bond donors (Lipinski definition) is 0. The van der Waals surface area contributed by atoms with Gasteiger partial charge in [0.15, 0.2) is 0 Å². The second-order valence-corrected chi connectivity index (χ2v) is 23.5. The third kappa shape index (κ3) is 11.3. The largest absolute Gasteiger partial charge is 0.274 e. The molecule has 2 atom stereocenters. The average Bonchev–Trinajstić information content (AvgIpc) is 3.41. The number of rotatable bonds is 36. The summed E-state index contributed by atoms with van der Waals surface area (Å²) in [7, 11) is 0. The average molecular weight is 999 g/mol. The molecule has 0 N–H and O–H groups in total. The molecule has 6 nitrogen and oxygen atoms in total. The van der Waals surface area contributed by atoms with Crippen molar-refractivity contribution < 1.29 is 0 Å². The van der Waals surface area contributed by atoms with Gasteiger partial charge in [0.2, 0.25) is 0 Å². The van der Waals surface area contributed by atoms with Crippen LogP contribution >= 0.6 is 0 Å². The molecule has 6 heteroatoms. The standard InChI is InChI=1S/C68H90N2O4/c1-5-9-13-17-21-23-27-31-35-47(33-29-25-19-15-11-7-3)45-69-65(71)53-41-49-37-39-51-43-55-62-56(44-52-40-38-50-42-54(66(69)72)61(53)63-57(49)59(51)64(62)60(52)58(50)63)68(74)70(67(55)73)46-48(34-30-26-20-16-12-8-4)36-32-28-24-22-18-14-10-6-2/h37-44,47-48H,5-36,45-46H2,1-4H3. The highest BCUT2D eigenvalue weighted by atomic mass is 16.2. The lowest BCUT2D eigenvalue weighted by Crippen LogP contribution is -2.36. The lowest BCUT2D eigenvalue weighted by atomic mass is 9.80. The summed E-state index contributed by atoms with van der Waals surface area (Å²) in [5.41, 5.74) is -0.706. The fraction of sp³-hybridized carbons (Fsp3) is 0.588. The first-order valence-electron chi connectivity index (χ1n) is 30.8. The van der Waals surface area contributed by atoms with Crippen LogP contribution in [0.2, 0.25) is 0 Å². The summed E-state index contributed by atoms with van der Waals surface area (Å²) < 4.78 is 3.22. The van der Waals surface area contributed by atoms with Gasteiger partial charge in [-0.15, -0.1) is 0 Å². The molecule has 0 aliphatic rings. The fourth-order valence-corrected chi connectivity index (χ4v) is 13.8. The van der Waals surface area contributed by atoms with Crippen LogP contribution in [-0.4, -0.2) is 9.13 Å². The van der Waals surface area contributed by atoms with Crippen LogP contribution in [0.3, 0.4) is 0 Å². The summed E-state index contributed by atoms with van der Waals surface area (Å²) in [6, 6.07) is 16.7. The van der Waals surface area contributed by atoms with E-state index in [1.165, 1.54) is 154 Å². The number of aromatic nitrogens is 2. The molecule has 0 spiro atoms. The molecule has 0 bridgehead atoms. The smallest absolute Gasteiger partial charge is 0.261 e. The van der Waals surface area contributed by atoms with Gasteiger partial charge in [0.1, 0.15) is 0 Å². The molecule has 9 rings (SSSR count). The van der Waals surface area contributed by atoms with Crippen LogP contribution in [0.4, 0.5) is 0 Å². The number of unbranched alkanes of at least 4 members (excludes halogenated alkanes) is 24. The van der Waals surface area contributed by atoms with E-state index in [-0.39, 0.29) is 34.1 Å². The fourth-order valence-electron chi connectivity index (χ4n) is 13.8. The molecule has 2 aromatic heterocycles. The molecule has 396 valence electrons. The Balaban J connectivity index is 1.09. The van der Waals surface area contributed by atoms with Crippen molar-refractivity contribution in [1.82, 2.24) is 9.13 Å². The summed E-state index contributed by atoms with van der Waals surface area (Å²) in [6.07, 6.45) is 39.2. The number of nitrogens with zero attached hydrogens (tertiary/aromatic N) is 2.